The van der Waals surface area contributed by atoms with E-state index in [4.69, 9.17) is 0 Å². The maximum Gasteiger partial charge on any atom is 0.0372 e. The highest BCUT2D eigenvalue weighted by atomic mass is 14.9. The third kappa shape index (κ3) is 2.29. The monoisotopic (exact) mass is 238 g/mol. The molecule has 1 unspecified atom stereocenters. The summed E-state index contributed by atoms with van der Waals surface area (Å²) in [7, 11) is 0. The van der Waals surface area contributed by atoms with Gasteiger partial charge < -0.3 is 5.32 Å². The van der Waals surface area contributed by atoms with Crippen molar-refractivity contribution in [3.8, 4) is 0 Å². The first-order valence-electron chi connectivity index (χ1n) is 6.55. The van der Waals surface area contributed by atoms with E-state index in [1.54, 1.807) is 0 Å². The van der Waals surface area contributed by atoms with Gasteiger partial charge in [0.1, 0.15) is 0 Å². The van der Waals surface area contributed by atoms with Crippen molar-refractivity contribution >= 4 is 0 Å². The Bertz CT molecular complexity index is 531. The van der Waals surface area contributed by atoms with E-state index >= 15 is 0 Å². The van der Waals surface area contributed by atoms with Crippen LogP contribution in [-0.2, 0) is 13.0 Å². The van der Waals surface area contributed by atoms with Crippen LogP contribution in [0.4, 0.5) is 0 Å². The fourth-order valence-corrected chi connectivity index (χ4v) is 2.61. The van der Waals surface area contributed by atoms with Crippen molar-refractivity contribution in [3.05, 3.63) is 65.0 Å². The highest BCUT2D eigenvalue weighted by molar-refractivity contribution is 5.34. The second-order valence-corrected chi connectivity index (χ2v) is 4.98. The zero-order valence-electron chi connectivity index (χ0n) is 10.7. The van der Waals surface area contributed by atoms with Crippen molar-refractivity contribution in [3.63, 3.8) is 0 Å². The molecule has 18 heavy (non-hydrogen) atoms. The van der Waals surface area contributed by atoms with E-state index in [0.29, 0.717) is 6.04 Å². The molecule has 0 saturated heterocycles. The highest BCUT2D eigenvalue weighted by Gasteiger charge is 2.20. The molecule has 1 aliphatic carbocycles. The van der Waals surface area contributed by atoms with Crippen molar-refractivity contribution in [1.82, 2.24) is 10.3 Å². The molecule has 0 fully saturated rings. The molecule has 0 bridgehead atoms. The summed E-state index contributed by atoms with van der Waals surface area (Å²) in [6.07, 6.45) is 4.36. The first-order valence-corrected chi connectivity index (χ1v) is 6.55. The molecule has 1 atom stereocenters. The van der Waals surface area contributed by atoms with Gasteiger partial charge in [-0.25, -0.2) is 0 Å². The third-order valence-corrected chi connectivity index (χ3v) is 3.66. The van der Waals surface area contributed by atoms with Gasteiger partial charge in [-0.3, -0.25) is 4.98 Å². The van der Waals surface area contributed by atoms with Crippen LogP contribution >= 0.6 is 0 Å². The molecule has 1 aromatic carbocycles. The maximum absolute atomic E-state index is 4.33. The van der Waals surface area contributed by atoms with E-state index in [9.17, 15) is 0 Å². The maximum atomic E-state index is 4.33. The predicted molar refractivity (Wildman–Crippen MR) is 73.3 cm³/mol. The second kappa shape index (κ2) is 4.91. The summed E-state index contributed by atoms with van der Waals surface area (Å²) in [6, 6.07) is 13.5. The number of pyridine rings is 1. The minimum Gasteiger partial charge on any atom is -0.306 e. The average Bonchev–Trinajstić information content (AvgIpc) is 2.82. The predicted octanol–water partition coefficient (Wildman–Crippen LogP) is 3.17. The van der Waals surface area contributed by atoms with Gasteiger partial charge in [-0.1, -0.05) is 30.3 Å². The fraction of sp³-hybridized carbons (Fsp3) is 0.312. The number of aryl methyl sites for hydroxylation is 2. The van der Waals surface area contributed by atoms with Crippen LogP contribution in [0.5, 0.6) is 0 Å². The molecule has 1 heterocycles. The number of rotatable bonds is 3. The molecule has 1 N–H and O–H groups in total. The number of nitrogens with zero attached hydrogens (tertiary/aromatic N) is 1. The topological polar surface area (TPSA) is 24.9 Å². The van der Waals surface area contributed by atoms with Crippen molar-refractivity contribution in [2.24, 2.45) is 0 Å². The van der Waals surface area contributed by atoms with Gasteiger partial charge in [0.2, 0.25) is 0 Å². The summed E-state index contributed by atoms with van der Waals surface area (Å²) in [5, 5.41) is 3.63. The average molecular weight is 238 g/mol. The Hall–Kier alpha value is -1.67. The molecule has 92 valence electrons. The largest absolute Gasteiger partial charge is 0.306 e. The molecule has 0 amide bonds. The molecule has 2 aromatic rings. The van der Waals surface area contributed by atoms with Crippen molar-refractivity contribution in [2.75, 3.05) is 0 Å². The Balaban J connectivity index is 1.67. The summed E-state index contributed by atoms with van der Waals surface area (Å²) in [4.78, 5) is 4.33. The van der Waals surface area contributed by atoms with Crippen LogP contribution in [0.15, 0.2) is 42.6 Å². The summed E-state index contributed by atoms with van der Waals surface area (Å²) in [5.74, 6) is 0. The van der Waals surface area contributed by atoms with Gasteiger partial charge in [-0.2, -0.15) is 0 Å². The van der Waals surface area contributed by atoms with Crippen molar-refractivity contribution < 1.29 is 0 Å². The minimum atomic E-state index is 0.502. The van der Waals surface area contributed by atoms with Crippen LogP contribution < -0.4 is 5.32 Å². The molecule has 0 saturated carbocycles. The van der Waals surface area contributed by atoms with Gasteiger partial charge in [0.05, 0.1) is 0 Å². The highest BCUT2D eigenvalue weighted by Crippen LogP contribution is 2.30. The Kier molecular flexibility index (Phi) is 3.11. The zero-order valence-corrected chi connectivity index (χ0v) is 10.7. The van der Waals surface area contributed by atoms with E-state index in [0.717, 1.165) is 12.2 Å². The van der Waals surface area contributed by atoms with E-state index in [1.165, 1.54) is 29.5 Å². The smallest absolute Gasteiger partial charge is 0.0372 e. The molecular formula is C16H18N2. The Morgan fingerprint density at radius 3 is 2.94 bits per heavy atom. The number of benzene rings is 1. The van der Waals surface area contributed by atoms with Gasteiger partial charge in [0.25, 0.3) is 0 Å². The first kappa shape index (κ1) is 11.4. The van der Waals surface area contributed by atoms with E-state index in [-0.39, 0.29) is 0 Å². The number of aromatic nitrogens is 1. The van der Waals surface area contributed by atoms with Crippen LogP contribution in [0.2, 0.25) is 0 Å². The molecule has 0 spiro atoms. The standard InChI is InChI=1S/C16H18N2/c1-12-6-7-13(10-17-12)11-18-16-9-8-14-4-2-3-5-15(14)16/h2-7,10,16,18H,8-9,11H2,1H3. The Morgan fingerprint density at radius 2 is 2.11 bits per heavy atom. The van der Waals surface area contributed by atoms with Crippen LogP contribution in [0.25, 0.3) is 0 Å². The van der Waals surface area contributed by atoms with Gasteiger partial charge in [-0.15, -0.1) is 0 Å². The zero-order chi connectivity index (χ0) is 12.4. The molecule has 0 aliphatic heterocycles. The SMILES string of the molecule is Cc1ccc(CNC2CCc3ccccc32)cn1. The summed E-state index contributed by atoms with van der Waals surface area (Å²) in [6.45, 7) is 2.91. The number of hydrogen-bond donors (Lipinski definition) is 1. The molecule has 1 aliphatic rings. The van der Waals surface area contributed by atoms with E-state index in [1.807, 2.05) is 13.1 Å². The first-order chi connectivity index (χ1) is 8.83. The summed E-state index contributed by atoms with van der Waals surface area (Å²) >= 11 is 0. The van der Waals surface area contributed by atoms with E-state index in [2.05, 4.69) is 46.7 Å². The van der Waals surface area contributed by atoms with Crippen LogP contribution in [0.3, 0.4) is 0 Å². The molecule has 2 nitrogen and oxygen atoms in total. The molecule has 3 rings (SSSR count). The summed E-state index contributed by atoms with van der Waals surface area (Å²) < 4.78 is 0. The van der Waals surface area contributed by atoms with Crippen molar-refractivity contribution in [1.29, 1.82) is 0 Å². The fourth-order valence-electron chi connectivity index (χ4n) is 2.61. The lowest BCUT2D eigenvalue weighted by Crippen LogP contribution is -2.18. The molecule has 1 aromatic heterocycles. The number of nitrogens with one attached hydrogen (secondary N) is 1. The lowest BCUT2D eigenvalue weighted by atomic mass is 10.1. The molecule has 0 radical (unpaired) electrons. The lowest BCUT2D eigenvalue weighted by molar-refractivity contribution is 0.529. The Labute approximate surface area is 108 Å². The van der Waals surface area contributed by atoms with E-state index < -0.39 is 0 Å². The summed E-state index contributed by atoms with van der Waals surface area (Å²) in [5.41, 5.74) is 5.30. The number of fused-ring (bicyclic) bond motifs is 1. The normalized spacial score (nSPS) is 17.7. The lowest BCUT2D eigenvalue weighted by Gasteiger charge is -2.14. The van der Waals surface area contributed by atoms with Gasteiger partial charge >= 0.3 is 0 Å². The van der Waals surface area contributed by atoms with Gasteiger partial charge in [0, 0.05) is 24.5 Å². The Morgan fingerprint density at radius 1 is 1.22 bits per heavy atom. The van der Waals surface area contributed by atoms with Crippen LogP contribution in [0.1, 0.15) is 34.8 Å². The van der Waals surface area contributed by atoms with Gasteiger partial charge in [-0.05, 0) is 42.5 Å². The minimum absolute atomic E-state index is 0.502. The third-order valence-electron chi connectivity index (χ3n) is 3.66. The number of hydrogen-bond acceptors (Lipinski definition) is 2. The quantitative estimate of drug-likeness (QED) is 0.888. The molecule has 2 heteroatoms. The van der Waals surface area contributed by atoms with Gasteiger partial charge in [0.15, 0.2) is 0 Å². The van der Waals surface area contributed by atoms with Crippen LogP contribution in [0, 0.1) is 6.92 Å². The van der Waals surface area contributed by atoms with Crippen LogP contribution in [-0.4, -0.2) is 4.98 Å². The second-order valence-electron chi connectivity index (χ2n) is 4.98. The van der Waals surface area contributed by atoms with Crippen molar-refractivity contribution in [2.45, 2.75) is 32.4 Å². The molecular weight excluding hydrogens is 220 g/mol.